The smallest absolute Gasteiger partial charge is 0.253 e. The normalized spacial score (nSPS) is 10.5. The van der Waals surface area contributed by atoms with Crippen molar-refractivity contribution in [3.8, 4) is 11.4 Å². The van der Waals surface area contributed by atoms with Crippen LogP contribution in [0.5, 0.6) is 5.75 Å². The molecule has 25 heavy (non-hydrogen) atoms. The van der Waals surface area contributed by atoms with Gasteiger partial charge in [0.25, 0.3) is 5.91 Å². The zero-order valence-corrected chi connectivity index (χ0v) is 15.6. The molecule has 0 N–H and O–H groups in total. The van der Waals surface area contributed by atoms with E-state index in [0.717, 1.165) is 21.5 Å². The highest BCUT2D eigenvalue weighted by Gasteiger charge is 2.14. The Bertz CT molecular complexity index is 861. The van der Waals surface area contributed by atoms with E-state index in [2.05, 4.69) is 21.0 Å². The van der Waals surface area contributed by atoms with Gasteiger partial charge in [-0.1, -0.05) is 15.9 Å². The van der Waals surface area contributed by atoms with Gasteiger partial charge >= 0.3 is 0 Å². The Balaban J connectivity index is 1.75. The Morgan fingerprint density at radius 1 is 1.24 bits per heavy atom. The third-order valence-electron chi connectivity index (χ3n) is 3.88. The van der Waals surface area contributed by atoms with Crippen LogP contribution in [0.15, 0.2) is 65.4 Å². The molecule has 0 atom stereocenters. The maximum absolute atomic E-state index is 12.7. The number of aromatic nitrogens is 2. The van der Waals surface area contributed by atoms with Gasteiger partial charge in [0.05, 0.1) is 12.8 Å². The molecular weight excluding hydrogens is 382 g/mol. The van der Waals surface area contributed by atoms with E-state index in [1.165, 1.54) is 0 Å². The molecule has 1 aromatic heterocycles. The van der Waals surface area contributed by atoms with Gasteiger partial charge in [0.15, 0.2) is 0 Å². The average molecular weight is 400 g/mol. The highest BCUT2D eigenvalue weighted by molar-refractivity contribution is 9.10. The second-order valence-corrected chi connectivity index (χ2v) is 6.53. The summed E-state index contributed by atoms with van der Waals surface area (Å²) in [7, 11) is 3.41. The summed E-state index contributed by atoms with van der Waals surface area (Å²) in [5, 5.41) is 4.18. The van der Waals surface area contributed by atoms with Crippen LogP contribution in [0, 0.1) is 0 Å². The molecule has 0 saturated heterocycles. The molecule has 0 radical (unpaired) electrons. The topological polar surface area (TPSA) is 47.4 Å². The highest BCUT2D eigenvalue weighted by Crippen LogP contribution is 2.24. The van der Waals surface area contributed by atoms with Gasteiger partial charge in [-0.2, -0.15) is 5.10 Å². The molecule has 6 heteroatoms. The van der Waals surface area contributed by atoms with Crippen LogP contribution >= 0.6 is 15.9 Å². The predicted octanol–water partition coefficient (Wildman–Crippen LogP) is 3.92. The van der Waals surface area contributed by atoms with Crippen molar-refractivity contribution in [2.45, 2.75) is 6.54 Å². The molecule has 0 saturated carbocycles. The van der Waals surface area contributed by atoms with E-state index in [1.807, 2.05) is 54.7 Å². The minimum atomic E-state index is -0.0472. The number of rotatable bonds is 5. The van der Waals surface area contributed by atoms with Gasteiger partial charge in [-0.15, -0.1) is 0 Å². The number of hydrogen-bond donors (Lipinski definition) is 0. The number of carbonyl (C=O) groups excluding carboxylic acids is 1. The minimum Gasteiger partial charge on any atom is -0.496 e. The number of methoxy groups -OCH3 is 1. The van der Waals surface area contributed by atoms with Crippen molar-refractivity contribution < 1.29 is 9.53 Å². The van der Waals surface area contributed by atoms with Crippen LogP contribution in [-0.4, -0.2) is 34.7 Å². The van der Waals surface area contributed by atoms with Gasteiger partial charge in [0.1, 0.15) is 5.75 Å². The molecule has 3 rings (SSSR count). The Labute approximate surface area is 155 Å². The summed E-state index contributed by atoms with van der Waals surface area (Å²) in [5.41, 5.74) is 2.49. The number of carbonyl (C=O) groups is 1. The van der Waals surface area contributed by atoms with Gasteiger partial charge in [-0.3, -0.25) is 4.79 Å². The van der Waals surface area contributed by atoms with Crippen LogP contribution in [0.25, 0.3) is 5.69 Å². The summed E-state index contributed by atoms with van der Waals surface area (Å²) >= 11 is 3.46. The van der Waals surface area contributed by atoms with Crippen LogP contribution < -0.4 is 4.74 Å². The maximum Gasteiger partial charge on any atom is 0.253 e. The molecule has 0 aliphatic rings. The van der Waals surface area contributed by atoms with Crippen molar-refractivity contribution in [1.82, 2.24) is 14.7 Å². The van der Waals surface area contributed by atoms with E-state index in [9.17, 15) is 4.79 Å². The van der Waals surface area contributed by atoms with Crippen LogP contribution in [0.4, 0.5) is 0 Å². The molecule has 0 bridgehead atoms. The lowest BCUT2D eigenvalue weighted by atomic mass is 10.1. The summed E-state index contributed by atoms with van der Waals surface area (Å²) in [6.07, 6.45) is 3.58. The first kappa shape index (κ1) is 17.2. The molecule has 1 amide bonds. The number of amides is 1. The third kappa shape index (κ3) is 3.91. The molecular formula is C19H18BrN3O2. The van der Waals surface area contributed by atoms with E-state index < -0.39 is 0 Å². The van der Waals surface area contributed by atoms with Gasteiger partial charge < -0.3 is 9.64 Å². The zero-order valence-electron chi connectivity index (χ0n) is 14.0. The fourth-order valence-electron chi connectivity index (χ4n) is 2.60. The lowest BCUT2D eigenvalue weighted by Gasteiger charge is -2.19. The van der Waals surface area contributed by atoms with Crippen LogP contribution in [-0.2, 0) is 6.54 Å². The van der Waals surface area contributed by atoms with Gasteiger partial charge in [-0.05, 0) is 48.5 Å². The van der Waals surface area contributed by atoms with E-state index in [4.69, 9.17) is 4.74 Å². The largest absolute Gasteiger partial charge is 0.496 e. The number of benzene rings is 2. The van der Waals surface area contributed by atoms with Gasteiger partial charge in [0.2, 0.25) is 0 Å². The van der Waals surface area contributed by atoms with E-state index in [-0.39, 0.29) is 5.91 Å². The first-order chi connectivity index (χ1) is 12.1. The third-order valence-corrected chi connectivity index (χ3v) is 4.37. The number of halogens is 1. The maximum atomic E-state index is 12.7. The summed E-state index contributed by atoms with van der Waals surface area (Å²) in [6, 6.07) is 15.0. The average Bonchev–Trinajstić information content (AvgIpc) is 3.16. The Kier molecular flexibility index (Phi) is 5.19. The highest BCUT2D eigenvalue weighted by atomic mass is 79.9. The SMILES string of the molecule is COc1ccc(Br)cc1CN(C)C(=O)c1ccc(-n2cccn2)cc1. The minimum absolute atomic E-state index is 0.0472. The second-order valence-electron chi connectivity index (χ2n) is 5.61. The molecule has 0 aliphatic heterocycles. The van der Waals surface area contributed by atoms with Gasteiger partial charge in [-0.25, -0.2) is 4.68 Å². The van der Waals surface area contributed by atoms with Crippen molar-refractivity contribution >= 4 is 21.8 Å². The molecule has 128 valence electrons. The van der Waals surface area contributed by atoms with Crippen molar-refractivity contribution in [3.63, 3.8) is 0 Å². The number of nitrogens with zero attached hydrogens (tertiary/aromatic N) is 3. The van der Waals surface area contributed by atoms with Crippen LogP contribution in [0.2, 0.25) is 0 Å². The summed E-state index contributed by atoms with van der Waals surface area (Å²) in [4.78, 5) is 14.4. The Morgan fingerprint density at radius 2 is 2.00 bits per heavy atom. The molecule has 3 aromatic rings. The molecule has 1 heterocycles. The van der Waals surface area contributed by atoms with Crippen molar-refractivity contribution in [2.75, 3.05) is 14.2 Å². The molecule has 0 fully saturated rings. The van der Waals surface area contributed by atoms with Crippen molar-refractivity contribution in [3.05, 3.63) is 76.5 Å². The predicted molar refractivity (Wildman–Crippen MR) is 100 cm³/mol. The fraction of sp³-hybridized carbons (Fsp3) is 0.158. The standard InChI is InChI=1S/C19H18BrN3O2/c1-22(13-15-12-16(20)6-9-18(15)25-2)19(24)14-4-7-17(8-5-14)23-11-3-10-21-23/h3-12H,13H2,1-2H3. The fourth-order valence-corrected chi connectivity index (χ4v) is 3.01. The Morgan fingerprint density at radius 3 is 2.64 bits per heavy atom. The van der Waals surface area contributed by atoms with Gasteiger partial charge in [0, 0.05) is 41.6 Å². The van der Waals surface area contributed by atoms with E-state index in [0.29, 0.717) is 12.1 Å². The summed E-state index contributed by atoms with van der Waals surface area (Å²) in [5.74, 6) is 0.714. The first-order valence-corrected chi connectivity index (χ1v) is 8.56. The number of ether oxygens (including phenoxy) is 1. The zero-order chi connectivity index (χ0) is 17.8. The Hall–Kier alpha value is -2.60. The molecule has 5 nitrogen and oxygen atoms in total. The van der Waals surface area contributed by atoms with E-state index in [1.54, 1.807) is 29.9 Å². The molecule has 0 unspecified atom stereocenters. The quantitative estimate of drug-likeness (QED) is 0.653. The van der Waals surface area contributed by atoms with Crippen LogP contribution in [0.3, 0.4) is 0 Å². The number of hydrogen-bond acceptors (Lipinski definition) is 3. The lowest BCUT2D eigenvalue weighted by Crippen LogP contribution is -2.26. The summed E-state index contributed by atoms with van der Waals surface area (Å²) in [6.45, 7) is 0.461. The molecule has 0 spiro atoms. The lowest BCUT2D eigenvalue weighted by molar-refractivity contribution is 0.0784. The molecule has 2 aromatic carbocycles. The molecule has 0 aliphatic carbocycles. The van der Waals surface area contributed by atoms with Crippen molar-refractivity contribution in [2.24, 2.45) is 0 Å². The van der Waals surface area contributed by atoms with E-state index >= 15 is 0 Å². The summed E-state index contributed by atoms with van der Waals surface area (Å²) < 4.78 is 8.08. The monoisotopic (exact) mass is 399 g/mol. The van der Waals surface area contributed by atoms with Crippen LogP contribution in [0.1, 0.15) is 15.9 Å². The second kappa shape index (κ2) is 7.53. The van der Waals surface area contributed by atoms with Crippen molar-refractivity contribution in [1.29, 1.82) is 0 Å². The first-order valence-electron chi connectivity index (χ1n) is 7.76.